The van der Waals surface area contributed by atoms with Gasteiger partial charge in [-0.15, -0.1) is 0 Å². The molecule has 0 saturated heterocycles. The Morgan fingerprint density at radius 3 is 2.42 bits per heavy atom. The predicted octanol–water partition coefficient (Wildman–Crippen LogP) is 9.79. The maximum atomic E-state index is 3.83. The third-order valence-corrected chi connectivity index (χ3v) is 9.09. The second-order valence-electron chi connectivity index (χ2n) is 11.3. The van der Waals surface area contributed by atoms with Gasteiger partial charge in [0, 0.05) is 22.4 Å². The Balaban J connectivity index is 1.46. The monoisotopic (exact) mass is 491 g/mol. The van der Waals surface area contributed by atoms with Crippen molar-refractivity contribution in [3.63, 3.8) is 0 Å². The summed E-state index contributed by atoms with van der Waals surface area (Å²) in [5, 5.41) is 3.83. The first-order chi connectivity index (χ1) is 18.6. The number of benzene rings is 4. The SMILES string of the molecule is CC1CC=Cc2c(Nc3ccc4c(c3)C(c3ccccc3)(C3(C)C=CC=CC3)c3ccccc3-4)cccc21. The van der Waals surface area contributed by atoms with Crippen molar-refractivity contribution in [3.05, 3.63) is 149 Å². The summed E-state index contributed by atoms with van der Waals surface area (Å²) < 4.78 is 0. The fourth-order valence-electron chi connectivity index (χ4n) is 7.29. The van der Waals surface area contributed by atoms with Gasteiger partial charge in [0.05, 0.1) is 5.41 Å². The molecule has 7 rings (SSSR count). The van der Waals surface area contributed by atoms with Crippen molar-refractivity contribution in [2.45, 2.75) is 38.0 Å². The van der Waals surface area contributed by atoms with Gasteiger partial charge in [0.25, 0.3) is 0 Å². The van der Waals surface area contributed by atoms with Crippen LogP contribution in [0.3, 0.4) is 0 Å². The quantitative estimate of drug-likeness (QED) is 0.299. The van der Waals surface area contributed by atoms with Gasteiger partial charge in [-0.25, -0.2) is 0 Å². The lowest BCUT2D eigenvalue weighted by Gasteiger charge is -2.48. The van der Waals surface area contributed by atoms with Crippen molar-refractivity contribution >= 4 is 17.5 Å². The second kappa shape index (κ2) is 8.74. The first kappa shape index (κ1) is 23.0. The van der Waals surface area contributed by atoms with Gasteiger partial charge >= 0.3 is 0 Å². The van der Waals surface area contributed by atoms with Gasteiger partial charge in [0.15, 0.2) is 0 Å². The lowest BCUT2D eigenvalue weighted by molar-refractivity contribution is 0.293. The topological polar surface area (TPSA) is 12.0 Å². The van der Waals surface area contributed by atoms with Crippen LogP contribution < -0.4 is 5.32 Å². The zero-order valence-electron chi connectivity index (χ0n) is 22.1. The van der Waals surface area contributed by atoms with Gasteiger partial charge in [-0.05, 0) is 70.3 Å². The molecular formula is C37H33N. The van der Waals surface area contributed by atoms with Crippen LogP contribution in [0.25, 0.3) is 17.2 Å². The van der Waals surface area contributed by atoms with Gasteiger partial charge in [0.1, 0.15) is 0 Å². The lowest BCUT2D eigenvalue weighted by atomic mass is 9.54. The van der Waals surface area contributed by atoms with Crippen molar-refractivity contribution < 1.29 is 0 Å². The van der Waals surface area contributed by atoms with E-state index in [1.54, 1.807) is 0 Å². The molecule has 1 N–H and O–H groups in total. The Kier molecular flexibility index (Phi) is 5.30. The third kappa shape index (κ3) is 3.24. The molecule has 0 aliphatic heterocycles. The number of hydrogen-bond acceptors (Lipinski definition) is 1. The predicted molar refractivity (Wildman–Crippen MR) is 161 cm³/mol. The fourth-order valence-corrected chi connectivity index (χ4v) is 7.29. The molecule has 3 aliphatic rings. The van der Waals surface area contributed by atoms with Crippen molar-refractivity contribution in [1.82, 2.24) is 0 Å². The number of rotatable bonds is 4. The highest BCUT2D eigenvalue weighted by Gasteiger charge is 2.55. The van der Waals surface area contributed by atoms with E-state index in [2.05, 4.69) is 147 Å². The summed E-state index contributed by atoms with van der Waals surface area (Å²) in [5.41, 5.74) is 11.4. The molecule has 0 saturated carbocycles. The van der Waals surface area contributed by atoms with E-state index in [-0.39, 0.29) is 10.8 Å². The van der Waals surface area contributed by atoms with Gasteiger partial charge in [0.2, 0.25) is 0 Å². The van der Waals surface area contributed by atoms with Crippen LogP contribution in [-0.2, 0) is 5.41 Å². The van der Waals surface area contributed by atoms with E-state index in [9.17, 15) is 0 Å². The molecule has 0 spiro atoms. The molecule has 0 bridgehead atoms. The van der Waals surface area contributed by atoms with Crippen LogP contribution in [0.4, 0.5) is 11.4 Å². The Morgan fingerprint density at radius 2 is 1.58 bits per heavy atom. The van der Waals surface area contributed by atoms with Gasteiger partial charge in [-0.2, -0.15) is 0 Å². The molecule has 186 valence electrons. The first-order valence-corrected chi connectivity index (χ1v) is 13.8. The van der Waals surface area contributed by atoms with Crippen molar-refractivity contribution in [1.29, 1.82) is 0 Å². The minimum Gasteiger partial charge on any atom is -0.355 e. The third-order valence-electron chi connectivity index (χ3n) is 9.09. The molecule has 0 amide bonds. The molecule has 1 nitrogen and oxygen atoms in total. The summed E-state index contributed by atoms with van der Waals surface area (Å²) in [5.74, 6) is 0.545. The minimum atomic E-state index is -0.302. The lowest BCUT2D eigenvalue weighted by Crippen LogP contribution is -2.43. The molecule has 0 heterocycles. The molecule has 1 heteroatoms. The summed E-state index contributed by atoms with van der Waals surface area (Å²) in [7, 11) is 0. The second-order valence-corrected chi connectivity index (χ2v) is 11.3. The number of nitrogens with one attached hydrogen (secondary N) is 1. The highest BCUT2D eigenvalue weighted by molar-refractivity contribution is 5.87. The average Bonchev–Trinajstić information content (AvgIpc) is 3.26. The number of allylic oxidation sites excluding steroid dienone is 5. The van der Waals surface area contributed by atoms with E-state index in [1.807, 2.05) is 0 Å². The van der Waals surface area contributed by atoms with Crippen LogP contribution in [0.2, 0.25) is 0 Å². The van der Waals surface area contributed by atoms with Crippen LogP contribution in [0.15, 0.2) is 121 Å². The van der Waals surface area contributed by atoms with Gasteiger partial charge < -0.3 is 5.32 Å². The Hall–Kier alpha value is -4.10. The zero-order valence-corrected chi connectivity index (χ0v) is 22.1. The van der Waals surface area contributed by atoms with E-state index in [0.29, 0.717) is 5.92 Å². The van der Waals surface area contributed by atoms with E-state index in [0.717, 1.165) is 18.5 Å². The van der Waals surface area contributed by atoms with Crippen molar-refractivity contribution in [2.75, 3.05) is 5.32 Å². The number of anilines is 2. The standard InChI is InChI=1S/C37H33N/c1-26-13-11-18-32-29(26)17-12-20-35(32)38-28-21-22-31-30-16-7-8-19-33(30)37(34(31)25-28,27-14-5-3-6-15-27)36(2)23-9-4-10-24-36/h3-12,14-23,25-26,38H,13,24H2,1-2H3. The smallest absolute Gasteiger partial charge is 0.0555 e. The Bertz CT molecular complexity index is 1620. The number of fused-ring (bicyclic) bond motifs is 4. The number of hydrogen-bond donors (Lipinski definition) is 1. The van der Waals surface area contributed by atoms with Crippen LogP contribution in [0.5, 0.6) is 0 Å². The maximum Gasteiger partial charge on any atom is 0.0555 e. The van der Waals surface area contributed by atoms with Crippen LogP contribution >= 0.6 is 0 Å². The molecule has 3 unspecified atom stereocenters. The summed E-state index contributed by atoms with van der Waals surface area (Å²) in [6.45, 7) is 4.76. The molecular weight excluding hydrogens is 458 g/mol. The summed E-state index contributed by atoms with van der Waals surface area (Å²) in [4.78, 5) is 0. The summed E-state index contributed by atoms with van der Waals surface area (Å²) in [6, 6.07) is 33.9. The minimum absolute atomic E-state index is 0.118. The van der Waals surface area contributed by atoms with E-state index >= 15 is 0 Å². The molecule has 4 aromatic rings. The average molecular weight is 492 g/mol. The highest BCUT2D eigenvalue weighted by Crippen LogP contribution is 2.63. The fraction of sp³-hybridized carbons (Fsp3) is 0.189. The van der Waals surface area contributed by atoms with Crippen LogP contribution in [0.1, 0.15) is 60.4 Å². The van der Waals surface area contributed by atoms with Crippen molar-refractivity contribution in [3.8, 4) is 11.1 Å². The highest BCUT2D eigenvalue weighted by atomic mass is 14.9. The molecule has 38 heavy (non-hydrogen) atoms. The molecule has 0 radical (unpaired) electrons. The largest absolute Gasteiger partial charge is 0.355 e. The molecule has 3 atom stereocenters. The molecule has 0 fully saturated rings. The zero-order chi connectivity index (χ0) is 25.7. The van der Waals surface area contributed by atoms with E-state index < -0.39 is 0 Å². The van der Waals surface area contributed by atoms with E-state index in [1.165, 1.54) is 44.6 Å². The van der Waals surface area contributed by atoms with Gasteiger partial charge in [-0.1, -0.05) is 123 Å². The molecule has 0 aromatic heterocycles. The van der Waals surface area contributed by atoms with Crippen molar-refractivity contribution in [2.24, 2.45) is 5.41 Å². The Morgan fingerprint density at radius 1 is 0.763 bits per heavy atom. The van der Waals surface area contributed by atoms with Crippen LogP contribution in [-0.4, -0.2) is 0 Å². The first-order valence-electron chi connectivity index (χ1n) is 13.8. The molecule has 4 aromatic carbocycles. The van der Waals surface area contributed by atoms with Gasteiger partial charge in [-0.3, -0.25) is 0 Å². The normalized spacial score (nSPS) is 24.5. The van der Waals surface area contributed by atoms with Crippen LogP contribution in [0, 0.1) is 5.41 Å². The Labute approximate surface area is 226 Å². The maximum absolute atomic E-state index is 3.83. The summed E-state index contributed by atoms with van der Waals surface area (Å²) in [6.07, 6.45) is 15.9. The summed E-state index contributed by atoms with van der Waals surface area (Å²) >= 11 is 0. The van der Waals surface area contributed by atoms with E-state index in [4.69, 9.17) is 0 Å². The molecule has 3 aliphatic carbocycles.